The molecule has 0 radical (unpaired) electrons. The van der Waals surface area contributed by atoms with Crippen LogP contribution in [0.1, 0.15) is 20.3 Å². The van der Waals surface area contributed by atoms with Crippen molar-refractivity contribution >= 4 is 21.4 Å². The van der Waals surface area contributed by atoms with Gasteiger partial charge in [0.15, 0.2) is 0 Å². The fourth-order valence-corrected chi connectivity index (χ4v) is 2.95. The van der Waals surface area contributed by atoms with E-state index >= 15 is 0 Å². The van der Waals surface area contributed by atoms with Crippen molar-refractivity contribution < 1.29 is 8.42 Å². The van der Waals surface area contributed by atoms with Crippen molar-refractivity contribution in [2.24, 2.45) is 5.92 Å². The number of para-hydroxylation sites is 2. The monoisotopic (exact) mass is 256 g/mol. The summed E-state index contributed by atoms with van der Waals surface area (Å²) in [6.07, 6.45) is 0.652. The summed E-state index contributed by atoms with van der Waals surface area (Å²) in [6.45, 7) is 4.01. The second kappa shape index (κ2) is 5.40. The molecule has 0 saturated heterocycles. The van der Waals surface area contributed by atoms with Crippen LogP contribution in [0.25, 0.3) is 0 Å². The molecular weight excluding hydrogens is 236 g/mol. The predicted octanol–water partition coefficient (Wildman–Crippen LogP) is 2.08. The predicted molar refractivity (Wildman–Crippen MR) is 72.5 cm³/mol. The molecule has 0 atom stereocenters. The van der Waals surface area contributed by atoms with Crippen LogP contribution in [0.5, 0.6) is 0 Å². The molecule has 2 N–H and O–H groups in total. The van der Waals surface area contributed by atoms with Gasteiger partial charge < -0.3 is 5.73 Å². The molecule has 0 unspecified atom stereocenters. The summed E-state index contributed by atoms with van der Waals surface area (Å²) in [7, 11) is -1.73. The molecular formula is C12H20N2O2S. The normalized spacial score (nSPS) is 11.8. The van der Waals surface area contributed by atoms with E-state index in [1.807, 2.05) is 13.8 Å². The van der Waals surface area contributed by atoms with Crippen LogP contribution in [-0.4, -0.2) is 21.2 Å². The van der Waals surface area contributed by atoms with Crippen LogP contribution in [-0.2, 0) is 10.0 Å². The lowest BCUT2D eigenvalue weighted by Crippen LogP contribution is -2.30. The molecule has 1 aromatic rings. The Labute approximate surface area is 103 Å². The molecule has 0 heterocycles. The Morgan fingerprint density at radius 3 is 2.41 bits per heavy atom. The van der Waals surface area contributed by atoms with E-state index in [4.69, 9.17) is 5.73 Å². The Morgan fingerprint density at radius 1 is 1.29 bits per heavy atom. The summed E-state index contributed by atoms with van der Waals surface area (Å²) in [4.78, 5) is 0. The van der Waals surface area contributed by atoms with Gasteiger partial charge in [-0.2, -0.15) is 0 Å². The van der Waals surface area contributed by atoms with Crippen molar-refractivity contribution in [3.8, 4) is 0 Å². The van der Waals surface area contributed by atoms with Gasteiger partial charge in [-0.15, -0.1) is 0 Å². The first kappa shape index (κ1) is 13.8. The maximum absolute atomic E-state index is 12.1. The highest BCUT2D eigenvalue weighted by Crippen LogP contribution is 2.24. The molecule has 5 heteroatoms. The van der Waals surface area contributed by atoms with Crippen molar-refractivity contribution in [1.29, 1.82) is 0 Å². The number of hydrogen-bond donors (Lipinski definition) is 1. The average molecular weight is 256 g/mol. The van der Waals surface area contributed by atoms with Crippen molar-refractivity contribution in [2.45, 2.75) is 20.3 Å². The number of rotatable bonds is 5. The van der Waals surface area contributed by atoms with Crippen molar-refractivity contribution in [3.63, 3.8) is 0 Å². The summed E-state index contributed by atoms with van der Waals surface area (Å²) < 4.78 is 25.4. The minimum absolute atomic E-state index is 0.148. The minimum atomic E-state index is -3.28. The van der Waals surface area contributed by atoms with Gasteiger partial charge in [0.05, 0.1) is 17.1 Å². The lowest BCUT2D eigenvalue weighted by molar-refractivity contribution is 0.572. The van der Waals surface area contributed by atoms with E-state index < -0.39 is 10.0 Å². The zero-order valence-electron chi connectivity index (χ0n) is 10.6. The molecule has 0 aliphatic carbocycles. The molecule has 0 aliphatic heterocycles. The summed E-state index contributed by atoms with van der Waals surface area (Å²) in [6, 6.07) is 6.97. The first-order valence-electron chi connectivity index (χ1n) is 5.65. The average Bonchev–Trinajstić information content (AvgIpc) is 2.26. The SMILES string of the molecule is CC(C)CCS(=O)(=O)N(C)c1ccccc1N. The van der Waals surface area contributed by atoms with Gasteiger partial charge in [0, 0.05) is 7.05 Å². The molecule has 96 valence electrons. The molecule has 0 spiro atoms. The summed E-state index contributed by atoms with van der Waals surface area (Å²) in [5.74, 6) is 0.515. The smallest absolute Gasteiger partial charge is 0.234 e. The van der Waals surface area contributed by atoms with E-state index in [0.29, 0.717) is 23.7 Å². The van der Waals surface area contributed by atoms with E-state index in [2.05, 4.69) is 0 Å². The number of hydrogen-bond acceptors (Lipinski definition) is 3. The van der Waals surface area contributed by atoms with Gasteiger partial charge in [-0.3, -0.25) is 4.31 Å². The van der Waals surface area contributed by atoms with Crippen LogP contribution in [0.3, 0.4) is 0 Å². The van der Waals surface area contributed by atoms with E-state index in [1.165, 1.54) is 4.31 Å². The summed E-state index contributed by atoms with van der Waals surface area (Å²) in [5, 5.41) is 0. The Hall–Kier alpha value is -1.23. The molecule has 0 fully saturated rings. The number of benzene rings is 1. The Balaban J connectivity index is 2.89. The number of nitrogens with two attached hydrogens (primary N) is 1. The highest BCUT2D eigenvalue weighted by molar-refractivity contribution is 7.92. The largest absolute Gasteiger partial charge is 0.397 e. The number of nitrogen functional groups attached to an aromatic ring is 1. The van der Waals surface area contributed by atoms with Gasteiger partial charge in [0.1, 0.15) is 0 Å². The first-order chi connectivity index (χ1) is 7.84. The standard InChI is InChI=1S/C12H20N2O2S/c1-10(2)8-9-17(15,16)14(3)12-7-5-4-6-11(12)13/h4-7,10H,8-9,13H2,1-3H3. The lowest BCUT2D eigenvalue weighted by Gasteiger charge is -2.21. The Kier molecular flexibility index (Phi) is 4.40. The van der Waals surface area contributed by atoms with E-state index in [1.54, 1.807) is 31.3 Å². The Morgan fingerprint density at radius 2 is 1.88 bits per heavy atom. The zero-order chi connectivity index (χ0) is 13.1. The molecule has 0 bridgehead atoms. The van der Waals surface area contributed by atoms with Crippen LogP contribution >= 0.6 is 0 Å². The summed E-state index contributed by atoms with van der Waals surface area (Å²) in [5.41, 5.74) is 6.78. The molecule has 0 amide bonds. The number of anilines is 2. The summed E-state index contributed by atoms with van der Waals surface area (Å²) >= 11 is 0. The van der Waals surface area contributed by atoms with Gasteiger partial charge in [0.2, 0.25) is 10.0 Å². The second-order valence-electron chi connectivity index (χ2n) is 4.52. The van der Waals surface area contributed by atoms with E-state index in [9.17, 15) is 8.42 Å². The maximum atomic E-state index is 12.1. The molecule has 0 aromatic heterocycles. The van der Waals surface area contributed by atoms with Gasteiger partial charge in [-0.25, -0.2) is 8.42 Å². The fourth-order valence-electron chi connectivity index (χ4n) is 1.45. The van der Waals surface area contributed by atoms with E-state index in [0.717, 1.165) is 0 Å². The van der Waals surface area contributed by atoms with Crippen molar-refractivity contribution in [2.75, 3.05) is 22.8 Å². The zero-order valence-corrected chi connectivity index (χ0v) is 11.4. The first-order valence-corrected chi connectivity index (χ1v) is 7.26. The fraction of sp³-hybridized carbons (Fsp3) is 0.500. The quantitative estimate of drug-likeness (QED) is 0.820. The minimum Gasteiger partial charge on any atom is -0.397 e. The highest BCUT2D eigenvalue weighted by Gasteiger charge is 2.19. The molecule has 17 heavy (non-hydrogen) atoms. The molecule has 1 rings (SSSR count). The molecule has 0 saturated carbocycles. The second-order valence-corrected chi connectivity index (χ2v) is 6.64. The van der Waals surface area contributed by atoms with Gasteiger partial charge in [-0.1, -0.05) is 26.0 Å². The maximum Gasteiger partial charge on any atom is 0.234 e. The Bertz CT molecular complexity index is 469. The van der Waals surface area contributed by atoms with Crippen molar-refractivity contribution in [1.82, 2.24) is 0 Å². The van der Waals surface area contributed by atoms with Gasteiger partial charge in [-0.05, 0) is 24.5 Å². The lowest BCUT2D eigenvalue weighted by atomic mass is 10.2. The van der Waals surface area contributed by atoms with Crippen LogP contribution in [0.15, 0.2) is 24.3 Å². The van der Waals surface area contributed by atoms with Crippen molar-refractivity contribution in [3.05, 3.63) is 24.3 Å². The molecule has 0 aliphatic rings. The highest BCUT2D eigenvalue weighted by atomic mass is 32.2. The van der Waals surface area contributed by atoms with Crippen LogP contribution < -0.4 is 10.0 Å². The topological polar surface area (TPSA) is 63.4 Å². The van der Waals surface area contributed by atoms with Crippen LogP contribution in [0.2, 0.25) is 0 Å². The van der Waals surface area contributed by atoms with Crippen LogP contribution in [0.4, 0.5) is 11.4 Å². The molecule has 4 nitrogen and oxygen atoms in total. The third kappa shape index (κ3) is 3.63. The third-order valence-electron chi connectivity index (χ3n) is 2.65. The van der Waals surface area contributed by atoms with Crippen LogP contribution in [0, 0.1) is 5.92 Å². The van der Waals surface area contributed by atoms with Gasteiger partial charge >= 0.3 is 0 Å². The number of sulfonamides is 1. The van der Waals surface area contributed by atoms with Gasteiger partial charge in [0.25, 0.3) is 0 Å². The number of nitrogens with zero attached hydrogens (tertiary/aromatic N) is 1. The van der Waals surface area contributed by atoms with E-state index in [-0.39, 0.29) is 5.75 Å². The molecule has 1 aromatic carbocycles. The third-order valence-corrected chi connectivity index (χ3v) is 4.43.